The van der Waals surface area contributed by atoms with Gasteiger partial charge in [-0.05, 0) is 36.6 Å². The summed E-state index contributed by atoms with van der Waals surface area (Å²) in [5, 5.41) is 37.0. The molecule has 0 saturated carbocycles. The highest BCUT2D eigenvalue weighted by Gasteiger charge is 2.24. The Morgan fingerprint density at radius 3 is 1.53 bits per heavy atom. The first-order chi connectivity index (χ1) is 9.45. The van der Waals surface area contributed by atoms with Gasteiger partial charge in [0.25, 0.3) is 0 Å². The molecular formula is C8H5N10P. The largest absolute Gasteiger partial charge is 0.210 e. The number of aromatic nitrogens is 10. The van der Waals surface area contributed by atoms with Crippen molar-refractivity contribution in [1.29, 1.82) is 0 Å². The molecule has 0 atom stereocenters. The van der Waals surface area contributed by atoms with E-state index in [9.17, 15) is 0 Å². The lowest BCUT2D eigenvalue weighted by molar-refractivity contribution is 0.694. The molecule has 0 N–H and O–H groups in total. The molecule has 0 radical (unpaired) electrons. The van der Waals surface area contributed by atoms with Crippen molar-refractivity contribution in [3.8, 4) is 0 Å². The standard InChI is InChI=1S/C8H5N10P/c1-2-4-6(5-3-1)19(7-9-13-17-14-10-7)8-11-15-18-16-12-8/h1-5H. The van der Waals surface area contributed by atoms with Crippen molar-refractivity contribution in [2.45, 2.75) is 0 Å². The monoisotopic (exact) mass is 272 g/mol. The minimum Gasteiger partial charge on any atom is -0.106 e. The molecule has 0 aliphatic carbocycles. The molecule has 2 aromatic heterocycles. The fraction of sp³-hybridized carbons (Fsp3) is 0. The van der Waals surface area contributed by atoms with Gasteiger partial charge in [-0.3, -0.25) is 0 Å². The summed E-state index contributed by atoms with van der Waals surface area (Å²) in [6.07, 6.45) is 0. The summed E-state index contributed by atoms with van der Waals surface area (Å²) in [4.78, 5) is 0. The van der Waals surface area contributed by atoms with Crippen molar-refractivity contribution in [2.75, 3.05) is 0 Å². The summed E-state index contributed by atoms with van der Waals surface area (Å²) >= 11 is 0. The molecule has 92 valence electrons. The zero-order valence-corrected chi connectivity index (χ0v) is 10.2. The molecule has 11 heteroatoms. The van der Waals surface area contributed by atoms with Gasteiger partial charge in [-0.2, -0.15) is 0 Å². The second-order valence-electron chi connectivity index (χ2n) is 3.21. The van der Waals surface area contributed by atoms with Crippen LogP contribution in [0.15, 0.2) is 30.3 Å². The molecule has 3 aromatic rings. The third-order valence-electron chi connectivity index (χ3n) is 2.11. The fourth-order valence-electron chi connectivity index (χ4n) is 1.39. The van der Waals surface area contributed by atoms with Crippen LogP contribution in [-0.2, 0) is 0 Å². The Kier molecular flexibility index (Phi) is 3.24. The van der Waals surface area contributed by atoms with E-state index >= 15 is 0 Å². The molecule has 10 nitrogen and oxygen atoms in total. The highest BCUT2D eigenvalue weighted by molar-refractivity contribution is 7.78. The highest BCUT2D eigenvalue weighted by atomic mass is 31.1. The normalized spacial score (nSPS) is 10.6. The molecule has 0 spiro atoms. The van der Waals surface area contributed by atoms with Crippen LogP contribution in [0.1, 0.15) is 0 Å². The molecule has 3 rings (SSSR count). The predicted octanol–water partition coefficient (Wildman–Crippen LogP) is -2.61. The zero-order valence-electron chi connectivity index (χ0n) is 9.31. The molecule has 0 fully saturated rings. The summed E-state index contributed by atoms with van der Waals surface area (Å²) in [5.41, 5.74) is 0.761. The van der Waals surface area contributed by atoms with Crippen LogP contribution in [-0.4, -0.2) is 51.7 Å². The van der Waals surface area contributed by atoms with Crippen molar-refractivity contribution in [3.63, 3.8) is 0 Å². The Hall–Kier alpha value is -2.61. The molecule has 0 bridgehead atoms. The first-order valence-electron chi connectivity index (χ1n) is 5.08. The van der Waals surface area contributed by atoms with E-state index < -0.39 is 7.92 Å². The lowest BCUT2D eigenvalue weighted by Gasteiger charge is -2.10. The minimum atomic E-state index is -1.22. The lowest BCUT2D eigenvalue weighted by Crippen LogP contribution is -2.31. The summed E-state index contributed by atoms with van der Waals surface area (Å²) in [6, 6.07) is 9.53. The maximum atomic E-state index is 3.87. The van der Waals surface area contributed by atoms with Crippen LogP contribution in [0, 0.1) is 0 Å². The van der Waals surface area contributed by atoms with Gasteiger partial charge in [0.1, 0.15) is 0 Å². The maximum absolute atomic E-state index is 3.87. The molecule has 0 saturated heterocycles. The molecule has 1 aromatic carbocycles. The van der Waals surface area contributed by atoms with E-state index in [0.717, 1.165) is 5.30 Å². The number of nitrogens with zero attached hydrogens (tertiary/aromatic N) is 10. The summed E-state index contributed by atoms with van der Waals surface area (Å²) in [6.45, 7) is 0. The van der Waals surface area contributed by atoms with Crippen LogP contribution in [0.2, 0.25) is 0 Å². The highest BCUT2D eigenvalue weighted by Crippen LogP contribution is 2.27. The minimum absolute atomic E-state index is 0.381. The molecule has 0 aliphatic heterocycles. The summed E-state index contributed by atoms with van der Waals surface area (Å²) in [5.74, 6) is 0. The predicted molar refractivity (Wildman–Crippen MR) is 63.1 cm³/mol. The second kappa shape index (κ2) is 5.36. The molecule has 0 aliphatic rings. The van der Waals surface area contributed by atoms with Gasteiger partial charge in [-0.25, -0.2) is 0 Å². The Balaban J connectivity index is 2.12. The van der Waals surface area contributed by atoms with Crippen LogP contribution < -0.4 is 16.4 Å². The van der Waals surface area contributed by atoms with Gasteiger partial charge in [-0.1, -0.05) is 30.3 Å². The molecule has 2 heterocycles. The first-order valence-corrected chi connectivity index (χ1v) is 6.42. The molecular weight excluding hydrogens is 267 g/mol. The van der Waals surface area contributed by atoms with Crippen LogP contribution in [0.3, 0.4) is 0 Å². The van der Waals surface area contributed by atoms with Gasteiger partial charge in [-0.15, -0.1) is 20.4 Å². The zero-order chi connectivity index (χ0) is 12.9. The molecule has 19 heavy (non-hydrogen) atoms. The lowest BCUT2D eigenvalue weighted by atomic mass is 10.4. The Labute approximate surface area is 107 Å². The van der Waals surface area contributed by atoms with Crippen LogP contribution in [0.25, 0.3) is 0 Å². The average Bonchev–Trinajstić information content (AvgIpc) is 2.51. The third-order valence-corrected chi connectivity index (χ3v) is 4.08. The Morgan fingerprint density at radius 1 is 0.579 bits per heavy atom. The SMILES string of the molecule is c1ccc(P(c2nnnnn2)c2nnnnn2)cc1. The van der Waals surface area contributed by atoms with Gasteiger partial charge in [0.05, 0.1) is 7.92 Å². The van der Waals surface area contributed by atoms with Crippen LogP contribution in [0.4, 0.5) is 0 Å². The van der Waals surface area contributed by atoms with E-state index in [0.29, 0.717) is 11.1 Å². The first kappa shape index (κ1) is 11.5. The van der Waals surface area contributed by atoms with Gasteiger partial charge in [0.2, 0.25) is 11.1 Å². The van der Waals surface area contributed by atoms with Crippen molar-refractivity contribution in [3.05, 3.63) is 30.3 Å². The smallest absolute Gasteiger partial charge is 0.106 e. The van der Waals surface area contributed by atoms with Gasteiger partial charge in [0, 0.05) is 0 Å². The van der Waals surface area contributed by atoms with Crippen LogP contribution >= 0.6 is 7.92 Å². The number of rotatable bonds is 3. The van der Waals surface area contributed by atoms with E-state index in [4.69, 9.17) is 0 Å². The molecule has 0 unspecified atom stereocenters. The summed E-state index contributed by atoms with van der Waals surface area (Å²) < 4.78 is 0. The van der Waals surface area contributed by atoms with Crippen molar-refractivity contribution >= 4 is 24.4 Å². The topological polar surface area (TPSA) is 129 Å². The average molecular weight is 272 g/mol. The van der Waals surface area contributed by atoms with Crippen molar-refractivity contribution in [1.82, 2.24) is 51.7 Å². The fourth-order valence-corrected chi connectivity index (χ4v) is 3.02. The number of hydrogen-bond acceptors (Lipinski definition) is 10. The van der Waals surface area contributed by atoms with Crippen LogP contribution in [0.5, 0.6) is 0 Å². The van der Waals surface area contributed by atoms with Gasteiger partial charge in [0.15, 0.2) is 0 Å². The Morgan fingerprint density at radius 2 is 1.05 bits per heavy atom. The maximum Gasteiger partial charge on any atom is 0.210 e. The number of hydrogen-bond donors (Lipinski definition) is 0. The van der Waals surface area contributed by atoms with Gasteiger partial charge >= 0.3 is 0 Å². The molecule has 0 amide bonds. The van der Waals surface area contributed by atoms with E-state index in [2.05, 4.69) is 51.7 Å². The second-order valence-corrected chi connectivity index (χ2v) is 5.19. The van der Waals surface area contributed by atoms with Crippen molar-refractivity contribution < 1.29 is 0 Å². The Bertz CT molecular complexity index is 542. The third kappa shape index (κ3) is 2.47. The van der Waals surface area contributed by atoms with Crippen molar-refractivity contribution in [2.24, 2.45) is 0 Å². The summed E-state index contributed by atoms with van der Waals surface area (Å²) in [7, 11) is -1.22. The van der Waals surface area contributed by atoms with E-state index in [1.165, 1.54) is 0 Å². The number of benzene rings is 1. The van der Waals surface area contributed by atoms with E-state index in [1.807, 2.05) is 30.3 Å². The van der Waals surface area contributed by atoms with E-state index in [1.54, 1.807) is 0 Å². The van der Waals surface area contributed by atoms with Gasteiger partial charge < -0.3 is 0 Å². The quantitative estimate of drug-likeness (QED) is 0.467. The van der Waals surface area contributed by atoms with E-state index in [-0.39, 0.29) is 0 Å².